The molecule has 0 saturated heterocycles. The number of rotatable bonds is 4. The van der Waals surface area contributed by atoms with Gasteiger partial charge in [-0.3, -0.25) is 10.1 Å². The standard InChI is InChI=1S/C13H10F2N2O4/c1-7(18)8-2-3-16-13(4-8)21-12-6-9(14)11(17(19)20)5-10(12)15/h2-7,18H,1H3/t7-/m0/s1. The van der Waals surface area contributed by atoms with Crippen molar-refractivity contribution in [2.45, 2.75) is 13.0 Å². The Morgan fingerprint density at radius 1 is 1.33 bits per heavy atom. The molecular formula is C13H10F2N2O4. The third kappa shape index (κ3) is 3.29. The van der Waals surface area contributed by atoms with Gasteiger partial charge in [0.1, 0.15) is 0 Å². The summed E-state index contributed by atoms with van der Waals surface area (Å²) in [6.07, 6.45) is 0.547. The molecule has 0 unspecified atom stereocenters. The van der Waals surface area contributed by atoms with E-state index in [4.69, 9.17) is 4.74 Å². The highest BCUT2D eigenvalue weighted by Gasteiger charge is 2.20. The van der Waals surface area contributed by atoms with E-state index in [-0.39, 0.29) is 5.88 Å². The number of benzene rings is 1. The summed E-state index contributed by atoms with van der Waals surface area (Å²) in [5.41, 5.74) is -0.506. The first kappa shape index (κ1) is 14.8. The lowest BCUT2D eigenvalue weighted by molar-refractivity contribution is -0.387. The van der Waals surface area contributed by atoms with Gasteiger partial charge in [0.15, 0.2) is 11.6 Å². The van der Waals surface area contributed by atoms with Gasteiger partial charge in [0.2, 0.25) is 11.7 Å². The van der Waals surface area contributed by atoms with Crippen LogP contribution in [0.25, 0.3) is 0 Å². The fourth-order valence-electron chi connectivity index (χ4n) is 1.59. The van der Waals surface area contributed by atoms with Crippen LogP contribution < -0.4 is 4.74 Å². The smallest absolute Gasteiger partial charge is 0.307 e. The molecule has 0 saturated carbocycles. The molecule has 0 bridgehead atoms. The Balaban J connectivity index is 2.34. The van der Waals surface area contributed by atoms with E-state index < -0.39 is 34.1 Å². The second kappa shape index (κ2) is 5.80. The Morgan fingerprint density at radius 3 is 2.67 bits per heavy atom. The third-order valence-corrected chi connectivity index (χ3v) is 2.65. The summed E-state index contributed by atoms with van der Waals surface area (Å²) in [6, 6.07) is 3.89. The summed E-state index contributed by atoms with van der Waals surface area (Å²) in [6.45, 7) is 1.52. The molecule has 21 heavy (non-hydrogen) atoms. The quantitative estimate of drug-likeness (QED) is 0.692. The summed E-state index contributed by atoms with van der Waals surface area (Å²) in [5.74, 6) is -2.91. The summed E-state index contributed by atoms with van der Waals surface area (Å²) in [7, 11) is 0. The maximum atomic E-state index is 13.7. The van der Waals surface area contributed by atoms with Crippen LogP contribution >= 0.6 is 0 Å². The minimum Gasteiger partial charge on any atom is -0.436 e. The van der Waals surface area contributed by atoms with Gasteiger partial charge in [0.25, 0.3) is 0 Å². The molecule has 0 aliphatic heterocycles. The van der Waals surface area contributed by atoms with Gasteiger partial charge in [-0.2, -0.15) is 4.39 Å². The van der Waals surface area contributed by atoms with Crippen molar-refractivity contribution in [3.8, 4) is 11.6 Å². The van der Waals surface area contributed by atoms with E-state index in [9.17, 15) is 24.0 Å². The number of pyridine rings is 1. The Kier molecular flexibility index (Phi) is 4.08. The summed E-state index contributed by atoms with van der Waals surface area (Å²) in [4.78, 5) is 13.2. The van der Waals surface area contributed by atoms with E-state index in [2.05, 4.69) is 4.98 Å². The molecule has 0 fully saturated rings. The molecule has 0 radical (unpaired) electrons. The average Bonchev–Trinajstić information content (AvgIpc) is 2.42. The molecular weight excluding hydrogens is 286 g/mol. The zero-order valence-electron chi connectivity index (χ0n) is 10.8. The highest BCUT2D eigenvalue weighted by Crippen LogP contribution is 2.30. The Hall–Kier alpha value is -2.61. The van der Waals surface area contributed by atoms with E-state index in [1.54, 1.807) is 0 Å². The van der Waals surface area contributed by atoms with E-state index in [1.807, 2.05) is 0 Å². The molecule has 6 nitrogen and oxygen atoms in total. The molecule has 1 N–H and O–H groups in total. The Bertz CT molecular complexity index is 692. The predicted molar refractivity (Wildman–Crippen MR) is 68.0 cm³/mol. The van der Waals surface area contributed by atoms with E-state index in [0.29, 0.717) is 17.7 Å². The van der Waals surface area contributed by atoms with Crippen LogP contribution in [0.5, 0.6) is 11.6 Å². The van der Waals surface area contributed by atoms with Gasteiger partial charge >= 0.3 is 5.69 Å². The minimum atomic E-state index is -1.22. The van der Waals surface area contributed by atoms with Gasteiger partial charge in [0.05, 0.1) is 17.1 Å². The SMILES string of the molecule is C[C@H](O)c1ccnc(Oc2cc(F)c([N+](=O)[O-])cc2F)c1. The van der Waals surface area contributed by atoms with Crippen LogP contribution in [0.3, 0.4) is 0 Å². The molecule has 1 atom stereocenters. The maximum Gasteiger partial charge on any atom is 0.307 e. The molecule has 1 aromatic heterocycles. The van der Waals surface area contributed by atoms with Crippen molar-refractivity contribution >= 4 is 5.69 Å². The highest BCUT2D eigenvalue weighted by molar-refractivity contribution is 5.41. The fraction of sp³-hybridized carbons (Fsp3) is 0.154. The van der Waals surface area contributed by atoms with Crippen molar-refractivity contribution in [2.75, 3.05) is 0 Å². The van der Waals surface area contributed by atoms with E-state index in [0.717, 1.165) is 0 Å². The number of ether oxygens (including phenoxy) is 1. The van der Waals surface area contributed by atoms with Gasteiger partial charge in [-0.05, 0) is 18.6 Å². The second-order valence-corrected chi connectivity index (χ2v) is 4.20. The number of nitro benzene ring substituents is 1. The zero-order valence-corrected chi connectivity index (χ0v) is 10.8. The van der Waals surface area contributed by atoms with Gasteiger partial charge in [-0.15, -0.1) is 0 Å². The number of nitrogens with zero attached hydrogens (tertiary/aromatic N) is 2. The number of hydrogen-bond donors (Lipinski definition) is 1. The van der Waals surface area contributed by atoms with Crippen LogP contribution in [0.1, 0.15) is 18.6 Å². The molecule has 2 rings (SSSR count). The number of hydrogen-bond acceptors (Lipinski definition) is 5. The maximum absolute atomic E-state index is 13.7. The molecule has 0 aliphatic rings. The van der Waals surface area contributed by atoms with Crippen molar-refractivity contribution in [2.24, 2.45) is 0 Å². The number of aromatic nitrogens is 1. The van der Waals surface area contributed by atoms with Crippen LogP contribution in [0.2, 0.25) is 0 Å². The van der Waals surface area contributed by atoms with Crippen LogP contribution in [-0.4, -0.2) is 15.0 Å². The normalized spacial score (nSPS) is 12.0. The van der Waals surface area contributed by atoms with Crippen LogP contribution in [0.4, 0.5) is 14.5 Å². The van der Waals surface area contributed by atoms with Gasteiger partial charge in [-0.25, -0.2) is 9.37 Å². The summed E-state index contributed by atoms with van der Waals surface area (Å²) < 4.78 is 32.2. The predicted octanol–water partition coefficient (Wildman–Crippen LogP) is 3.11. The average molecular weight is 296 g/mol. The van der Waals surface area contributed by atoms with Gasteiger partial charge < -0.3 is 9.84 Å². The monoisotopic (exact) mass is 296 g/mol. The fourth-order valence-corrected chi connectivity index (χ4v) is 1.59. The second-order valence-electron chi connectivity index (χ2n) is 4.20. The Labute approximate surface area is 117 Å². The third-order valence-electron chi connectivity index (χ3n) is 2.65. The minimum absolute atomic E-state index is 0.0689. The lowest BCUT2D eigenvalue weighted by atomic mass is 10.2. The van der Waals surface area contributed by atoms with Crippen molar-refractivity contribution in [1.29, 1.82) is 0 Å². The van der Waals surface area contributed by atoms with Gasteiger partial charge in [-0.1, -0.05) is 0 Å². The highest BCUT2D eigenvalue weighted by atomic mass is 19.1. The van der Waals surface area contributed by atoms with Crippen molar-refractivity contribution in [3.05, 3.63) is 57.8 Å². The van der Waals surface area contributed by atoms with Crippen LogP contribution in [-0.2, 0) is 0 Å². The number of nitro groups is 1. The molecule has 0 amide bonds. The molecule has 0 aliphatic carbocycles. The first-order valence-electron chi connectivity index (χ1n) is 5.84. The molecule has 1 aromatic carbocycles. The van der Waals surface area contributed by atoms with Crippen molar-refractivity contribution in [3.63, 3.8) is 0 Å². The summed E-state index contributed by atoms with van der Waals surface area (Å²) >= 11 is 0. The number of halogens is 2. The van der Waals surface area contributed by atoms with Crippen LogP contribution in [0.15, 0.2) is 30.5 Å². The zero-order chi connectivity index (χ0) is 15.6. The topological polar surface area (TPSA) is 85.5 Å². The first-order chi connectivity index (χ1) is 9.88. The van der Waals surface area contributed by atoms with E-state index >= 15 is 0 Å². The lowest BCUT2D eigenvalue weighted by Crippen LogP contribution is -1.98. The molecule has 0 spiro atoms. The molecule has 110 valence electrons. The molecule has 2 aromatic rings. The molecule has 8 heteroatoms. The van der Waals surface area contributed by atoms with E-state index in [1.165, 1.54) is 25.3 Å². The number of aliphatic hydroxyl groups excluding tert-OH is 1. The first-order valence-corrected chi connectivity index (χ1v) is 5.84. The Morgan fingerprint density at radius 2 is 2.05 bits per heavy atom. The van der Waals surface area contributed by atoms with Crippen molar-refractivity contribution in [1.82, 2.24) is 4.98 Å². The summed E-state index contributed by atoms with van der Waals surface area (Å²) in [5, 5.41) is 19.9. The van der Waals surface area contributed by atoms with Crippen LogP contribution in [0, 0.1) is 21.7 Å². The lowest BCUT2D eigenvalue weighted by Gasteiger charge is -2.09. The molecule has 1 heterocycles. The largest absolute Gasteiger partial charge is 0.436 e. The number of aliphatic hydroxyl groups is 1. The van der Waals surface area contributed by atoms with Gasteiger partial charge in [0, 0.05) is 18.3 Å². The van der Waals surface area contributed by atoms with Crippen molar-refractivity contribution < 1.29 is 23.5 Å².